The fraction of sp³-hybridized carbons (Fsp3) is 1.00. The molecule has 0 rings (SSSR count). The molecule has 0 saturated heterocycles. The van der Waals surface area contributed by atoms with Gasteiger partial charge in [-0.15, -0.1) is 0 Å². The summed E-state index contributed by atoms with van der Waals surface area (Å²) in [5.41, 5.74) is 0. The number of rotatable bonds is 13. The second-order valence-electron chi connectivity index (χ2n) is 5.34. The number of unbranched alkanes of at least 4 members (excludes halogenated alkanes) is 13. The summed E-state index contributed by atoms with van der Waals surface area (Å²) in [6, 6.07) is 0. The molecule has 0 aliphatic carbocycles. The Balaban J connectivity index is 0. The minimum absolute atomic E-state index is 0.250. The molecular formula is C16H34Br2Zn. The van der Waals surface area contributed by atoms with E-state index in [0.29, 0.717) is 0 Å². The van der Waals surface area contributed by atoms with Gasteiger partial charge in [-0.25, -0.2) is 0 Å². The van der Waals surface area contributed by atoms with Crippen molar-refractivity contribution in [3.05, 3.63) is 0 Å². The molecule has 19 heavy (non-hydrogen) atoms. The Morgan fingerprint density at radius 3 is 0.789 bits per heavy atom. The first-order valence-electron chi connectivity index (χ1n) is 8.45. The van der Waals surface area contributed by atoms with E-state index >= 15 is 0 Å². The standard InChI is InChI=1S/C16H34.2BrH.Zn/c1-3-5-7-9-11-13-15-16-14-12-10-8-6-4-2;;;/h3-16H2,1-2H3;2*1H;/q;;;+2/p-2. The molecule has 0 heterocycles. The second kappa shape index (κ2) is 24.6. The molecule has 114 valence electrons. The Kier molecular flexibility index (Phi) is 29.6. The summed E-state index contributed by atoms with van der Waals surface area (Å²) in [5, 5.41) is 0. The van der Waals surface area contributed by atoms with Gasteiger partial charge in [0.2, 0.25) is 0 Å². The maximum absolute atomic E-state index is 3.25. The molecule has 0 fully saturated rings. The molecule has 0 nitrogen and oxygen atoms in total. The van der Waals surface area contributed by atoms with Crippen LogP contribution in [0.2, 0.25) is 0 Å². The average molecular weight is 452 g/mol. The molecule has 3 heteroatoms. The molecule has 0 aromatic carbocycles. The van der Waals surface area contributed by atoms with E-state index < -0.39 is 0 Å². The van der Waals surface area contributed by atoms with Crippen LogP contribution >= 0.6 is 27.2 Å². The van der Waals surface area contributed by atoms with Crippen molar-refractivity contribution in [2.45, 2.75) is 104 Å². The molecule has 0 aromatic rings. The molecular weight excluding hydrogens is 417 g/mol. The van der Waals surface area contributed by atoms with Gasteiger partial charge in [-0.1, -0.05) is 104 Å². The summed E-state index contributed by atoms with van der Waals surface area (Å²) in [4.78, 5) is 0. The molecule has 0 N–H and O–H groups in total. The first-order chi connectivity index (χ1) is 9.33. The SMILES string of the molecule is CCCCCCCCCCCCCCCC.[Br][Zn][Br]. The first kappa shape index (κ1) is 22.9. The summed E-state index contributed by atoms with van der Waals surface area (Å²) in [6.45, 7) is 4.58. The molecule has 0 spiro atoms. The van der Waals surface area contributed by atoms with Crippen LogP contribution in [-0.2, 0) is 13.2 Å². The van der Waals surface area contributed by atoms with Crippen molar-refractivity contribution in [2.75, 3.05) is 0 Å². The van der Waals surface area contributed by atoms with Gasteiger partial charge in [-0.05, 0) is 0 Å². The third-order valence-electron chi connectivity index (χ3n) is 3.46. The topological polar surface area (TPSA) is 0 Å². The van der Waals surface area contributed by atoms with Crippen LogP contribution in [0.15, 0.2) is 0 Å². The zero-order chi connectivity index (χ0) is 14.6. The quantitative estimate of drug-likeness (QED) is 0.196. The van der Waals surface area contributed by atoms with Gasteiger partial charge in [-0.2, -0.15) is 0 Å². The van der Waals surface area contributed by atoms with Crippen molar-refractivity contribution >= 4 is 27.2 Å². The predicted molar refractivity (Wildman–Crippen MR) is 93.8 cm³/mol. The third kappa shape index (κ3) is 28.5. The molecule has 0 aliphatic rings. The van der Waals surface area contributed by atoms with Crippen molar-refractivity contribution in [2.24, 2.45) is 0 Å². The fourth-order valence-corrected chi connectivity index (χ4v) is 2.27. The van der Waals surface area contributed by atoms with E-state index in [-0.39, 0.29) is 13.2 Å². The Bertz CT molecular complexity index is 118. The van der Waals surface area contributed by atoms with Crippen molar-refractivity contribution in [1.82, 2.24) is 0 Å². The van der Waals surface area contributed by atoms with Crippen LogP contribution in [0.25, 0.3) is 0 Å². The van der Waals surface area contributed by atoms with E-state index in [1.165, 1.54) is 89.9 Å². The molecule has 0 bridgehead atoms. The van der Waals surface area contributed by atoms with Gasteiger partial charge in [0, 0.05) is 0 Å². The molecule has 0 aromatic heterocycles. The summed E-state index contributed by atoms with van der Waals surface area (Å²) in [5.74, 6) is 0. The van der Waals surface area contributed by atoms with E-state index in [4.69, 9.17) is 0 Å². The number of hydrogen-bond acceptors (Lipinski definition) is 0. The number of halogens is 2. The summed E-state index contributed by atoms with van der Waals surface area (Å²) < 4.78 is 0. The Morgan fingerprint density at radius 2 is 0.632 bits per heavy atom. The van der Waals surface area contributed by atoms with Gasteiger partial charge in [0.25, 0.3) is 0 Å². The van der Waals surface area contributed by atoms with Crippen molar-refractivity contribution in [1.29, 1.82) is 0 Å². The van der Waals surface area contributed by atoms with Crippen LogP contribution in [0.5, 0.6) is 0 Å². The van der Waals surface area contributed by atoms with E-state index in [1.807, 2.05) is 0 Å². The molecule has 0 radical (unpaired) electrons. The van der Waals surface area contributed by atoms with Crippen LogP contribution in [0.1, 0.15) is 104 Å². The third-order valence-corrected chi connectivity index (χ3v) is 3.46. The second-order valence-corrected chi connectivity index (χ2v) is 19.4. The predicted octanol–water partition coefficient (Wildman–Crippen LogP) is 8.18. The Morgan fingerprint density at radius 1 is 0.474 bits per heavy atom. The zero-order valence-electron chi connectivity index (χ0n) is 13.4. The van der Waals surface area contributed by atoms with E-state index in [1.54, 1.807) is 0 Å². The van der Waals surface area contributed by atoms with Gasteiger partial charge >= 0.3 is 40.5 Å². The monoisotopic (exact) mass is 448 g/mol. The van der Waals surface area contributed by atoms with Crippen LogP contribution in [0.4, 0.5) is 0 Å². The molecule has 0 aliphatic heterocycles. The summed E-state index contributed by atoms with van der Waals surface area (Å²) in [6.07, 6.45) is 20.4. The normalized spacial score (nSPS) is 9.68. The van der Waals surface area contributed by atoms with E-state index in [0.717, 1.165) is 0 Å². The zero-order valence-corrected chi connectivity index (χ0v) is 19.5. The molecule has 0 unspecified atom stereocenters. The van der Waals surface area contributed by atoms with E-state index in [9.17, 15) is 0 Å². The Hall–Kier alpha value is 1.58. The Labute approximate surface area is 143 Å². The first-order valence-corrected chi connectivity index (χ1v) is 22.3. The molecule has 0 atom stereocenters. The minimum atomic E-state index is -0.250. The van der Waals surface area contributed by atoms with Crippen LogP contribution in [-0.4, -0.2) is 0 Å². The van der Waals surface area contributed by atoms with E-state index in [2.05, 4.69) is 41.1 Å². The van der Waals surface area contributed by atoms with Gasteiger partial charge in [0.15, 0.2) is 0 Å². The molecule has 0 amide bonds. The van der Waals surface area contributed by atoms with Gasteiger partial charge in [0.05, 0.1) is 0 Å². The number of hydrogen-bond donors (Lipinski definition) is 0. The van der Waals surface area contributed by atoms with Gasteiger partial charge in [-0.3, -0.25) is 0 Å². The van der Waals surface area contributed by atoms with Crippen molar-refractivity contribution in [3.63, 3.8) is 0 Å². The average Bonchev–Trinajstić information content (AvgIpc) is 2.41. The van der Waals surface area contributed by atoms with Gasteiger partial charge in [0.1, 0.15) is 0 Å². The van der Waals surface area contributed by atoms with Gasteiger partial charge < -0.3 is 0 Å². The maximum atomic E-state index is 3.25. The van der Waals surface area contributed by atoms with Crippen LogP contribution in [0.3, 0.4) is 0 Å². The van der Waals surface area contributed by atoms with Crippen molar-refractivity contribution in [3.8, 4) is 0 Å². The summed E-state index contributed by atoms with van der Waals surface area (Å²) in [7, 11) is 0. The van der Waals surface area contributed by atoms with Crippen LogP contribution < -0.4 is 0 Å². The fourth-order valence-electron chi connectivity index (χ4n) is 2.27. The molecule has 0 saturated carbocycles. The van der Waals surface area contributed by atoms with Crippen molar-refractivity contribution < 1.29 is 13.2 Å². The summed E-state index contributed by atoms with van der Waals surface area (Å²) >= 11 is 6.25. The van der Waals surface area contributed by atoms with Crippen LogP contribution in [0, 0.1) is 0 Å².